The summed E-state index contributed by atoms with van der Waals surface area (Å²) in [6.45, 7) is 4.85. The molecule has 0 aromatic heterocycles. The molecule has 7 nitrogen and oxygen atoms in total. The molecule has 1 heterocycles. The topological polar surface area (TPSA) is 94.1 Å². The van der Waals surface area contributed by atoms with Crippen LogP contribution in [0.25, 0.3) is 0 Å². The van der Waals surface area contributed by atoms with Crippen molar-refractivity contribution in [2.75, 3.05) is 20.8 Å². The van der Waals surface area contributed by atoms with Crippen molar-refractivity contribution in [3.05, 3.63) is 58.8 Å². The van der Waals surface area contributed by atoms with E-state index in [0.29, 0.717) is 42.2 Å². The highest BCUT2D eigenvalue weighted by molar-refractivity contribution is 6.02. The molecule has 1 amide bonds. The lowest BCUT2D eigenvalue weighted by molar-refractivity contribution is -0.122. The Morgan fingerprint density at radius 2 is 1.62 bits per heavy atom. The van der Waals surface area contributed by atoms with E-state index in [0.717, 1.165) is 11.3 Å². The Kier molecular flexibility index (Phi) is 6.82. The summed E-state index contributed by atoms with van der Waals surface area (Å²) in [5.74, 6) is 1.05. The lowest BCUT2D eigenvalue weighted by atomic mass is 9.73. The van der Waals surface area contributed by atoms with E-state index in [1.165, 1.54) is 14.2 Å². The van der Waals surface area contributed by atoms with Gasteiger partial charge in [0, 0.05) is 30.0 Å². The molecule has 7 heteroatoms. The van der Waals surface area contributed by atoms with Crippen LogP contribution in [0.5, 0.6) is 23.0 Å². The molecule has 0 fully saturated rings. The summed E-state index contributed by atoms with van der Waals surface area (Å²) in [6, 6.07) is 11.2. The molecule has 4 rings (SSSR count). The molecule has 1 aliphatic heterocycles. The molecule has 34 heavy (non-hydrogen) atoms. The second-order valence-corrected chi connectivity index (χ2v) is 9.27. The average molecular weight is 466 g/mol. The quantitative estimate of drug-likeness (QED) is 0.628. The first kappa shape index (κ1) is 23.7. The van der Waals surface area contributed by atoms with Gasteiger partial charge in [-0.3, -0.25) is 9.59 Å². The number of carbonyl (C=O) groups excluding carboxylic acids is 2. The molecule has 180 valence electrons. The number of allylic oxidation sites excluding steroid dienone is 2. The molecule has 0 bridgehead atoms. The van der Waals surface area contributed by atoms with E-state index in [2.05, 4.69) is 19.2 Å². The number of amides is 1. The molecular weight excluding hydrogens is 434 g/mol. The summed E-state index contributed by atoms with van der Waals surface area (Å²) in [7, 11) is 2.90. The highest BCUT2D eigenvalue weighted by atomic mass is 16.5. The van der Waals surface area contributed by atoms with Crippen molar-refractivity contribution in [3.8, 4) is 23.0 Å². The lowest BCUT2D eigenvalue weighted by Crippen LogP contribution is -2.38. The number of Topliss-reactive ketones (excluding diaryl/α,β-unsaturated/α-hetero) is 1. The number of aromatic hydroxyl groups is 1. The van der Waals surface area contributed by atoms with Crippen molar-refractivity contribution < 1.29 is 28.9 Å². The Morgan fingerprint density at radius 3 is 2.21 bits per heavy atom. The zero-order valence-electron chi connectivity index (χ0n) is 20.0. The number of phenolic OH excluding ortho intramolecular Hbond substituents is 1. The third-order valence-corrected chi connectivity index (χ3v) is 6.38. The van der Waals surface area contributed by atoms with Crippen LogP contribution in [-0.4, -0.2) is 37.6 Å². The van der Waals surface area contributed by atoms with Crippen LogP contribution in [0, 0.1) is 5.92 Å². The lowest BCUT2D eigenvalue weighted by Gasteiger charge is -2.34. The van der Waals surface area contributed by atoms with Gasteiger partial charge in [-0.1, -0.05) is 26.0 Å². The van der Waals surface area contributed by atoms with Crippen LogP contribution in [-0.2, 0) is 9.59 Å². The fourth-order valence-corrected chi connectivity index (χ4v) is 4.69. The molecule has 2 N–H and O–H groups in total. The van der Waals surface area contributed by atoms with Crippen LogP contribution in [0.4, 0.5) is 0 Å². The van der Waals surface area contributed by atoms with Gasteiger partial charge in [-0.25, -0.2) is 0 Å². The van der Waals surface area contributed by atoms with Crippen LogP contribution in [0.15, 0.2) is 47.7 Å². The van der Waals surface area contributed by atoms with Crippen LogP contribution >= 0.6 is 0 Å². The highest BCUT2D eigenvalue weighted by Crippen LogP contribution is 2.46. The first-order valence-corrected chi connectivity index (χ1v) is 11.5. The molecule has 2 aromatic carbocycles. The van der Waals surface area contributed by atoms with Gasteiger partial charge < -0.3 is 24.6 Å². The van der Waals surface area contributed by atoms with E-state index in [1.54, 1.807) is 12.1 Å². The third kappa shape index (κ3) is 4.74. The minimum atomic E-state index is -0.424. The number of phenols is 1. The van der Waals surface area contributed by atoms with Gasteiger partial charge in [0.05, 0.1) is 20.8 Å². The number of hydrogen-bond acceptors (Lipinski definition) is 6. The fourth-order valence-electron chi connectivity index (χ4n) is 4.69. The largest absolute Gasteiger partial charge is 0.502 e. The van der Waals surface area contributed by atoms with Crippen LogP contribution < -0.4 is 19.5 Å². The maximum absolute atomic E-state index is 13.4. The molecule has 0 spiro atoms. The Hall–Kier alpha value is -3.48. The number of hydrogen-bond donors (Lipinski definition) is 2. The van der Waals surface area contributed by atoms with Gasteiger partial charge in [-0.05, 0) is 53.6 Å². The van der Waals surface area contributed by atoms with E-state index in [4.69, 9.17) is 14.2 Å². The van der Waals surface area contributed by atoms with Gasteiger partial charge in [-0.15, -0.1) is 0 Å². The normalized spacial score (nSPS) is 20.1. The Morgan fingerprint density at radius 1 is 0.971 bits per heavy atom. The van der Waals surface area contributed by atoms with Gasteiger partial charge >= 0.3 is 0 Å². The molecule has 2 atom stereocenters. The maximum Gasteiger partial charge on any atom is 0.225 e. The van der Waals surface area contributed by atoms with Crippen LogP contribution in [0.3, 0.4) is 0 Å². The molecule has 2 unspecified atom stereocenters. The molecule has 2 aromatic rings. The number of methoxy groups -OCH3 is 2. The second kappa shape index (κ2) is 9.79. The molecule has 0 saturated carbocycles. The monoisotopic (exact) mass is 465 g/mol. The summed E-state index contributed by atoms with van der Waals surface area (Å²) < 4.78 is 16.3. The predicted octanol–water partition coefficient (Wildman–Crippen LogP) is 4.45. The zero-order chi connectivity index (χ0) is 24.4. The Bertz CT molecular complexity index is 1090. The Labute approximate surface area is 199 Å². The Balaban J connectivity index is 1.63. The molecule has 1 aliphatic carbocycles. The third-order valence-electron chi connectivity index (χ3n) is 6.38. The highest BCUT2D eigenvalue weighted by Gasteiger charge is 2.38. The van der Waals surface area contributed by atoms with Crippen molar-refractivity contribution in [1.82, 2.24) is 5.32 Å². The molecule has 0 radical (unpaired) electrons. The minimum Gasteiger partial charge on any atom is -0.502 e. The first-order chi connectivity index (χ1) is 16.3. The number of carbonyl (C=O) groups is 2. The summed E-state index contributed by atoms with van der Waals surface area (Å²) in [6.07, 6.45) is 1.08. The summed E-state index contributed by atoms with van der Waals surface area (Å²) in [4.78, 5) is 26.0. The molecular formula is C27H31NO6. The second-order valence-electron chi connectivity index (χ2n) is 9.27. The van der Waals surface area contributed by atoms with Gasteiger partial charge in [0.25, 0.3) is 0 Å². The molecule has 0 saturated heterocycles. The smallest absolute Gasteiger partial charge is 0.225 e. The zero-order valence-corrected chi connectivity index (χ0v) is 20.0. The first-order valence-electron chi connectivity index (χ1n) is 11.5. The van der Waals surface area contributed by atoms with Gasteiger partial charge in [-0.2, -0.15) is 0 Å². The number of nitrogens with one attached hydrogen (secondary N) is 1. The van der Waals surface area contributed by atoms with Crippen LogP contribution in [0.1, 0.15) is 56.1 Å². The number of benzene rings is 2. The fraction of sp³-hybridized carbons (Fsp3) is 0.407. The number of ether oxygens (including phenoxy) is 3. The van der Waals surface area contributed by atoms with Gasteiger partial charge in [0.2, 0.25) is 11.7 Å². The van der Waals surface area contributed by atoms with Gasteiger partial charge in [0.1, 0.15) is 5.75 Å². The molecule has 2 aliphatic rings. The van der Waals surface area contributed by atoms with Crippen LogP contribution in [0.2, 0.25) is 0 Å². The van der Waals surface area contributed by atoms with E-state index in [9.17, 15) is 14.7 Å². The SMILES string of the molecule is COc1cc(C2CC(=O)NC3=C2C(=O)CC(c2ccc(OCC(C)C)cc2)C3)cc(OC)c1O. The van der Waals surface area contributed by atoms with E-state index in [1.807, 2.05) is 24.3 Å². The maximum atomic E-state index is 13.4. The van der Waals surface area contributed by atoms with E-state index < -0.39 is 5.92 Å². The summed E-state index contributed by atoms with van der Waals surface area (Å²) in [5.41, 5.74) is 3.05. The average Bonchev–Trinajstić information content (AvgIpc) is 2.82. The van der Waals surface area contributed by atoms with Crippen molar-refractivity contribution in [2.45, 2.75) is 44.9 Å². The van der Waals surface area contributed by atoms with Crippen molar-refractivity contribution in [1.29, 1.82) is 0 Å². The van der Waals surface area contributed by atoms with Crippen molar-refractivity contribution in [3.63, 3.8) is 0 Å². The number of rotatable bonds is 7. The number of ketones is 1. The van der Waals surface area contributed by atoms with E-state index in [-0.39, 0.29) is 41.3 Å². The van der Waals surface area contributed by atoms with Gasteiger partial charge in [0.15, 0.2) is 17.3 Å². The van der Waals surface area contributed by atoms with E-state index >= 15 is 0 Å². The van der Waals surface area contributed by atoms with Crippen molar-refractivity contribution >= 4 is 11.7 Å². The standard InChI is InChI=1S/C27H31NO6/c1-15(2)14-34-19-7-5-16(6-8-19)17-9-21-26(22(29)10-17)20(13-25(30)28-21)18-11-23(32-3)27(31)24(12-18)33-4/h5-8,11-12,15,17,20,31H,9-10,13-14H2,1-4H3,(H,28,30). The minimum absolute atomic E-state index is 0.0161. The summed E-state index contributed by atoms with van der Waals surface area (Å²) >= 11 is 0. The predicted molar refractivity (Wildman–Crippen MR) is 127 cm³/mol. The van der Waals surface area contributed by atoms with Crippen molar-refractivity contribution in [2.24, 2.45) is 5.92 Å². The summed E-state index contributed by atoms with van der Waals surface area (Å²) in [5, 5.41) is 13.2.